The van der Waals surface area contributed by atoms with Crippen LogP contribution in [-0.2, 0) is 19.6 Å². The topological polar surface area (TPSA) is 95.6 Å². The van der Waals surface area contributed by atoms with Crippen molar-refractivity contribution in [1.82, 2.24) is 9.62 Å². The quantitative estimate of drug-likeness (QED) is 0.707. The first-order valence-corrected chi connectivity index (χ1v) is 13.4. The van der Waals surface area contributed by atoms with Crippen LogP contribution in [0, 0.1) is 23.7 Å². The lowest BCUT2D eigenvalue weighted by molar-refractivity contribution is -0.132. The Morgan fingerprint density at radius 3 is 1.97 bits per heavy atom. The SMILES string of the molecule is CC(=O)Nc1ccc(S(=O)(=O)N2CCC(C(=O)NC34CC5CC(CC(C5)C3)C4)CC2)cc1. The van der Waals surface area contributed by atoms with E-state index in [0.29, 0.717) is 31.6 Å². The van der Waals surface area contributed by atoms with E-state index in [9.17, 15) is 18.0 Å². The van der Waals surface area contributed by atoms with Crippen LogP contribution in [-0.4, -0.2) is 43.2 Å². The van der Waals surface area contributed by atoms with E-state index in [-0.39, 0.29) is 28.2 Å². The fraction of sp³-hybridized carbons (Fsp3) is 0.667. The van der Waals surface area contributed by atoms with Crippen LogP contribution in [0.3, 0.4) is 0 Å². The lowest BCUT2D eigenvalue weighted by atomic mass is 9.53. The lowest BCUT2D eigenvalue weighted by Crippen LogP contribution is -2.61. The minimum atomic E-state index is -3.61. The Balaban J connectivity index is 1.18. The second-order valence-corrected chi connectivity index (χ2v) is 12.5. The van der Waals surface area contributed by atoms with Crippen molar-refractivity contribution in [3.05, 3.63) is 24.3 Å². The predicted octanol–water partition coefficient (Wildman–Crippen LogP) is 3.13. The Bertz CT molecular complexity index is 961. The average molecular weight is 460 g/mol. The largest absolute Gasteiger partial charge is 0.350 e. The Labute approximate surface area is 190 Å². The molecule has 0 aromatic heterocycles. The summed E-state index contributed by atoms with van der Waals surface area (Å²) >= 11 is 0. The van der Waals surface area contributed by atoms with Gasteiger partial charge >= 0.3 is 0 Å². The number of nitrogens with one attached hydrogen (secondary N) is 2. The van der Waals surface area contributed by atoms with E-state index in [4.69, 9.17) is 0 Å². The van der Waals surface area contributed by atoms with Crippen molar-refractivity contribution in [2.24, 2.45) is 23.7 Å². The van der Waals surface area contributed by atoms with Crippen molar-refractivity contribution >= 4 is 27.5 Å². The molecule has 0 atom stereocenters. The van der Waals surface area contributed by atoms with Gasteiger partial charge in [-0.3, -0.25) is 9.59 Å². The molecule has 1 aromatic carbocycles. The van der Waals surface area contributed by atoms with E-state index < -0.39 is 10.0 Å². The maximum absolute atomic E-state index is 13.1. The van der Waals surface area contributed by atoms with Gasteiger partial charge < -0.3 is 10.6 Å². The number of piperidine rings is 1. The number of rotatable bonds is 5. The van der Waals surface area contributed by atoms with Crippen LogP contribution >= 0.6 is 0 Å². The third-order valence-corrected chi connectivity index (χ3v) is 9.98. The first-order chi connectivity index (χ1) is 15.2. The molecule has 1 aliphatic heterocycles. The van der Waals surface area contributed by atoms with Gasteiger partial charge in [-0.05, 0) is 93.4 Å². The van der Waals surface area contributed by atoms with Gasteiger partial charge in [-0.1, -0.05) is 0 Å². The molecule has 4 bridgehead atoms. The van der Waals surface area contributed by atoms with Crippen LogP contribution in [0.25, 0.3) is 0 Å². The maximum atomic E-state index is 13.1. The van der Waals surface area contributed by atoms with E-state index in [1.807, 2.05) is 0 Å². The number of nitrogens with zero attached hydrogens (tertiary/aromatic N) is 1. The highest BCUT2D eigenvalue weighted by molar-refractivity contribution is 7.89. The van der Waals surface area contributed by atoms with Crippen LogP contribution in [0.5, 0.6) is 0 Å². The molecule has 0 unspecified atom stereocenters. The zero-order valence-electron chi connectivity index (χ0n) is 18.7. The molecule has 5 aliphatic rings. The molecular weight excluding hydrogens is 426 g/mol. The van der Waals surface area contributed by atoms with Gasteiger partial charge in [0.05, 0.1) is 4.90 Å². The smallest absolute Gasteiger partial charge is 0.243 e. The van der Waals surface area contributed by atoms with Crippen LogP contribution in [0.2, 0.25) is 0 Å². The van der Waals surface area contributed by atoms with Gasteiger partial charge in [-0.25, -0.2) is 8.42 Å². The zero-order valence-corrected chi connectivity index (χ0v) is 19.5. The molecule has 32 heavy (non-hydrogen) atoms. The number of hydrogen-bond donors (Lipinski definition) is 2. The molecule has 6 rings (SSSR count). The summed E-state index contributed by atoms with van der Waals surface area (Å²) in [6, 6.07) is 6.23. The molecule has 1 saturated heterocycles. The van der Waals surface area contributed by atoms with Gasteiger partial charge in [-0.2, -0.15) is 4.31 Å². The first kappa shape index (κ1) is 21.9. The maximum Gasteiger partial charge on any atom is 0.243 e. The van der Waals surface area contributed by atoms with Gasteiger partial charge in [-0.15, -0.1) is 0 Å². The number of carbonyl (C=O) groups is 2. The summed E-state index contributed by atoms with van der Waals surface area (Å²) in [5.74, 6) is 2.16. The molecule has 4 saturated carbocycles. The third-order valence-electron chi connectivity index (χ3n) is 8.06. The molecule has 1 heterocycles. The third kappa shape index (κ3) is 4.19. The highest BCUT2D eigenvalue weighted by Gasteiger charge is 2.52. The molecule has 2 amide bonds. The highest BCUT2D eigenvalue weighted by atomic mass is 32.2. The minimum Gasteiger partial charge on any atom is -0.350 e. The number of benzene rings is 1. The van der Waals surface area contributed by atoms with Crippen molar-refractivity contribution in [1.29, 1.82) is 0 Å². The van der Waals surface area contributed by atoms with Gasteiger partial charge in [0.25, 0.3) is 0 Å². The Morgan fingerprint density at radius 2 is 1.47 bits per heavy atom. The number of carbonyl (C=O) groups excluding carboxylic acids is 2. The number of sulfonamides is 1. The summed E-state index contributed by atoms with van der Waals surface area (Å²) in [5.41, 5.74) is 0.571. The Kier molecular flexibility index (Phi) is 5.56. The van der Waals surface area contributed by atoms with E-state index in [1.165, 1.54) is 42.6 Å². The molecule has 7 nitrogen and oxygen atoms in total. The van der Waals surface area contributed by atoms with Gasteiger partial charge in [0.1, 0.15) is 0 Å². The molecule has 1 aromatic rings. The molecule has 174 valence electrons. The Morgan fingerprint density at radius 1 is 0.938 bits per heavy atom. The predicted molar refractivity (Wildman–Crippen MR) is 121 cm³/mol. The van der Waals surface area contributed by atoms with E-state index >= 15 is 0 Å². The summed E-state index contributed by atoms with van der Waals surface area (Å²) in [6.45, 7) is 2.12. The lowest BCUT2D eigenvalue weighted by Gasteiger charge is -2.57. The first-order valence-electron chi connectivity index (χ1n) is 11.9. The zero-order chi connectivity index (χ0) is 22.5. The highest BCUT2D eigenvalue weighted by Crippen LogP contribution is 2.55. The molecule has 2 N–H and O–H groups in total. The summed E-state index contributed by atoms with van der Waals surface area (Å²) in [6.07, 6.45) is 8.54. The van der Waals surface area contributed by atoms with E-state index in [2.05, 4.69) is 10.6 Å². The summed E-state index contributed by atoms with van der Waals surface area (Å²) in [4.78, 5) is 24.5. The molecular formula is C24H33N3O4S. The molecule has 5 fully saturated rings. The Hall–Kier alpha value is -1.93. The van der Waals surface area contributed by atoms with Gasteiger partial charge in [0.2, 0.25) is 21.8 Å². The number of anilines is 1. The average Bonchev–Trinajstić information content (AvgIpc) is 2.72. The van der Waals surface area contributed by atoms with Gasteiger partial charge in [0, 0.05) is 37.2 Å². The minimum absolute atomic E-state index is 0.00466. The second kappa shape index (κ2) is 8.13. The van der Waals surface area contributed by atoms with Crippen LogP contribution in [0.15, 0.2) is 29.2 Å². The molecule has 0 radical (unpaired) electrons. The summed E-state index contributed by atoms with van der Waals surface area (Å²) in [7, 11) is -3.61. The van der Waals surface area contributed by atoms with Crippen molar-refractivity contribution in [2.45, 2.75) is 68.7 Å². The van der Waals surface area contributed by atoms with Crippen molar-refractivity contribution < 1.29 is 18.0 Å². The fourth-order valence-electron chi connectivity index (χ4n) is 7.05. The molecule has 4 aliphatic carbocycles. The standard InChI is InChI=1S/C24H33N3O4S/c1-16(28)25-21-2-4-22(5-3-21)32(30,31)27-8-6-20(7-9-27)23(29)26-24-13-17-10-18(14-24)12-19(11-17)15-24/h2-5,17-20H,6-15H2,1H3,(H,25,28)(H,26,29). The fourth-order valence-corrected chi connectivity index (χ4v) is 8.52. The molecule has 8 heteroatoms. The van der Waals surface area contributed by atoms with E-state index in [0.717, 1.165) is 37.0 Å². The summed E-state index contributed by atoms with van der Waals surface area (Å²) < 4.78 is 27.5. The number of amides is 2. The summed E-state index contributed by atoms with van der Waals surface area (Å²) in [5, 5.41) is 6.10. The molecule has 0 spiro atoms. The normalized spacial score (nSPS) is 32.6. The van der Waals surface area contributed by atoms with Crippen molar-refractivity contribution in [2.75, 3.05) is 18.4 Å². The van der Waals surface area contributed by atoms with Crippen molar-refractivity contribution in [3.63, 3.8) is 0 Å². The monoisotopic (exact) mass is 459 g/mol. The second-order valence-electron chi connectivity index (χ2n) is 10.6. The van der Waals surface area contributed by atoms with E-state index in [1.54, 1.807) is 12.1 Å². The van der Waals surface area contributed by atoms with Crippen LogP contribution < -0.4 is 10.6 Å². The van der Waals surface area contributed by atoms with Crippen LogP contribution in [0.4, 0.5) is 5.69 Å². The van der Waals surface area contributed by atoms with Crippen LogP contribution in [0.1, 0.15) is 58.3 Å². The number of hydrogen-bond acceptors (Lipinski definition) is 4. The van der Waals surface area contributed by atoms with Crippen molar-refractivity contribution in [3.8, 4) is 0 Å². The van der Waals surface area contributed by atoms with Gasteiger partial charge in [0.15, 0.2) is 0 Å².